The Morgan fingerprint density at radius 1 is 1.80 bits per heavy atom. The fourth-order valence-corrected chi connectivity index (χ4v) is 0.338. The second-order valence-electron chi connectivity index (χ2n) is 1.70. The Labute approximate surface area is 62.1 Å². The molecule has 0 fully saturated rings. The average molecular weight is 168 g/mol. The Kier molecular flexibility index (Phi) is 2.59. The summed E-state index contributed by atoms with van der Waals surface area (Å²) in [6.07, 6.45) is 0. The molecule has 1 atom stereocenters. The zero-order chi connectivity index (χ0) is 8.36. The lowest BCUT2D eigenvalue weighted by Gasteiger charge is -2.08. The molecule has 5 nitrogen and oxygen atoms in total. The number of carbonyl (C=O) groups is 1. The fourth-order valence-electron chi connectivity index (χ4n) is 0.261. The van der Waals surface area contributed by atoms with Crippen LogP contribution in [0.2, 0.25) is 0 Å². The first-order valence-corrected chi connectivity index (χ1v) is 2.72. The SMILES string of the molecule is COC(=O)C(C)(Cl)[N+](=O)[O-]. The van der Waals surface area contributed by atoms with Crippen molar-refractivity contribution in [1.29, 1.82) is 0 Å². The zero-order valence-electron chi connectivity index (χ0n) is 5.46. The standard InChI is InChI=1S/C4H6ClNO4/c1-4(5,6(8)9)3(7)10-2/h1-2H3. The summed E-state index contributed by atoms with van der Waals surface area (Å²) in [5.74, 6) is -1.07. The minimum atomic E-state index is -2.16. The minimum Gasteiger partial charge on any atom is -0.463 e. The Morgan fingerprint density at radius 2 is 2.20 bits per heavy atom. The van der Waals surface area contributed by atoms with Gasteiger partial charge in [0.05, 0.1) is 12.0 Å². The van der Waals surface area contributed by atoms with E-state index < -0.39 is 15.9 Å². The van der Waals surface area contributed by atoms with Crippen LogP contribution >= 0.6 is 11.6 Å². The van der Waals surface area contributed by atoms with Gasteiger partial charge in [0.25, 0.3) is 0 Å². The fraction of sp³-hybridized carbons (Fsp3) is 0.750. The number of halogens is 1. The van der Waals surface area contributed by atoms with E-state index in [-0.39, 0.29) is 0 Å². The monoisotopic (exact) mass is 167 g/mol. The van der Waals surface area contributed by atoms with Crippen molar-refractivity contribution in [3.05, 3.63) is 10.1 Å². The number of rotatable bonds is 2. The molecule has 10 heavy (non-hydrogen) atoms. The van der Waals surface area contributed by atoms with E-state index in [2.05, 4.69) is 4.74 Å². The Bertz CT molecular complexity index is 167. The first kappa shape index (κ1) is 9.16. The molecule has 0 amide bonds. The summed E-state index contributed by atoms with van der Waals surface area (Å²) < 4.78 is 4.06. The number of carbonyl (C=O) groups excluding carboxylic acids is 1. The molecule has 58 valence electrons. The summed E-state index contributed by atoms with van der Waals surface area (Å²) in [4.78, 5) is 17.4. The highest BCUT2D eigenvalue weighted by Crippen LogP contribution is 2.15. The first-order valence-electron chi connectivity index (χ1n) is 2.34. The molecule has 0 heterocycles. The van der Waals surface area contributed by atoms with Crippen LogP contribution in [0.3, 0.4) is 0 Å². The highest BCUT2D eigenvalue weighted by atomic mass is 35.5. The smallest absolute Gasteiger partial charge is 0.401 e. The van der Waals surface area contributed by atoms with Gasteiger partial charge in [-0.1, -0.05) is 0 Å². The highest BCUT2D eigenvalue weighted by molar-refractivity contribution is 6.32. The quantitative estimate of drug-likeness (QED) is 0.196. The lowest BCUT2D eigenvalue weighted by atomic mass is 10.3. The second kappa shape index (κ2) is 2.83. The molecule has 1 unspecified atom stereocenters. The van der Waals surface area contributed by atoms with Crippen LogP contribution in [0.4, 0.5) is 0 Å². The molecule has 6 heteroatoms. The highest BCUT2D eigenvalue weighted by Gasteiger charge is 2.45. The molecule has 0 aromatic rings. The molecule has 0 rings (SSSR count). The van der Waals surface area contributed by atoms with Crippen LogP contribution in [0.5, 0.6) is 0 Å². The minimum absolute atomic E-state index is 0.916. The molecule has 0 aliphatic rings. The third-order valence-corrected chi connectivity index (χ3v) is 1.19. The van der Waals surface area contributed by atoms with Gasteiger partial charge in [0.2, 0.25) is 0 Å². The number of methoxy groups -OCH3 is 1. The van der Waals surface area contributed by atoms with E-state index >= 15 is 0 Å². The summed E-state index contributed by atoms with van der Waals surface area (Å²) in [5, 5.41) is 9.99. The molecule has 0 saturated heterocycles. The number of nitro groups is 1. The maximum atomic E-state index is 10.5. The Hall–Kier alpha value is -0.840. The molecule has 0 aromatic heterocycles. The van der Waals surface area contributed by atoms with Crippen LogP contribution in [0, 0.1) is 10.1 Å². The van der Waals surface area contributed by atoms with Gasteiger partial charge in [-0.15, -0.1) is 0 Å². The molecule has 0 spiro atoms. The van der Waals surface area contributed by atoms with Crippen LogP contribution in [0.25, 0.3) is 0 Å². The summed E-state index contributed by atoms with van der Waals surface area (Å²) in [5.41, 5.74) is 0. The summed E-state index contributed by atoms with van der Waals surface area (Å²) >= 11 is 5.15. The predicted molar refractivity (Wildman–Crippen MR) is 33.3 cm³/mol. The predicted octanol–water partition coefficient (Wildman–Crippen LogP) is 0.391. The van der Waals surface area contributed by atoms with Gasteiger partial charge >= 0.3 is 11.0 Å². The van der Waals surface area contributed by atoms with Gasteiger partial charge in [-0.25, -0.2) is 4.79 Å². The number of hydrogen-bond donors (Lipinski definition) is 0. The average Bonchev–Trinajstić information content (AvgIpc) is 1.86. The van der Waals surface area contributed by atoms with Gasteiger partial charge in [0.15, 0.2) is 0 Å². The van der Waals surface area contributed by atoms with E-state index in [1.807, 2.05) is 0 Å². The largest absolute Gasteiger partial charge is 0.463 e. The maximum absolute atomic E-state index is 10.5. The van der Waals surface area contributed by atoms with Crippen molar-refractivity contribution in [2.24, 2.45) is 0 Å². The summed E-state index contributed by atoms with van der Waals surface area (Å²) in [6, 6.07) is 0. The van der Waals surface area contributed by atoms with Gasteiger partial charge in [0.1, 0.15) is 0 Å². The van der Waals surface area contributed by atoms with Crippen molar-refractivity contribution in [3.8, 4) is 0 Å². The number of esters is 1. The van der Waals surface area contributed by atoms with E-state index in [0.717, 1.165) is 14.0 Å². The Balaban J connectivity index is 4.40. The van der Waals surface area contributed by atoms with E-state index in [4.69, 9.17) is 11.6 Å². The lowest BCUT2D eigenvalue weighted by molar-refractivity contribution is -0.524. The van der Waals surface area contributed by atoms with E-state index in [1.165, 1.54) is 0 Å². The molecular weight excluding hydrogens is 162 g/mol. The number of nitrogens with zero attached hydrogens (tertiary/aromatic N) is 1. The molecule has 0 aromatic carbocycles. The van der Waals surface area contributed by atoms with Crippen molar-refractivity contribution in [3.63, 3.8) is 0 Å². The van der Waals surface area contributed by atoms with Crippen molar-refractivity contribution in [1.82, 2.24) is 0 Å². The van der Waals surface area contributed by atoms with E-state index in [9.17, 15) is 14.9 Å². The molecule has 0 bridgehead atoms. The third kappa shape index (κ3) is 1.57. The topological polar surface area (TPSA) is 69.4 Å². The number of ether oxygens (including phenoxy) is 1. The van der Waals surface area contributed by atoms with Gasteiger partial charge in [-0.3, -0.25) is 10.1 Å². The number of hydrogen-bond acceptors (Lipinski definition) is 4. The van der Waals surface area contributed by atoms with Crippen molar-refractivity contribution in [2.75, 3.05) is 7.11 Å². The normalized spacial score (nSPS) is 15.5. The number of alkyl halides is 1. The van der Waals surface area contributed by atoms with Crippen molar-refractivity contribution >= 4 is 17.6 Å². The first-order chi connectivity index (χ1) is 4.42. The van der Waals surface area contributed by atoms with Crippen molar-refractivity contribution < 1.29 is 14.5 Å². The zero-order valence-corrected chi connectivity index (χ0v) is 6.21. The summed E-state index contributed by atoms with van der Waals surface area (Å²) in [7, 11) is 1.03. The van der Waals surface area contributed by atoms with Crippen LogP contribution in [0.15, 0.2) is 0 Å². The van der Waals surface area contributed by atoms with Crippen LogP contribution < -0.4 is 0 Å². The molecule has 0 saturated carbocycles. The van der Waals surface area contributed by atoms with Gasteiger partial charge in [-0.2, -0.15) is 0 Å². The van der Waals surface area contributed by atoms with Gasteiger partial charge in [0, 0.05) is 6.92 Å². The van der Waals surface area contributed by atoms with E-state index in [0.29, 0.717) is 0 Å². The van der Waals surface area contributed by atoms with Crippen LogP contribution in [0.1, 0.15) is 6.92 Å². The summed E-state index contributed by atoms with van der Waals surface area (Å²) in [6.45, 7) is 0.959. The lowest BCUT2D eigenvalue weighted by Crippen LogP contribution is -2.38. The Morgan fingerprint density at radius 3 is 2.30 bits per heavy atom. The van der Waals surface area contributed by atoms with Gasteiger partial charge < -0.3 is 4.74 Å². The third-order valence-electron chi connectivity index (χ3n) is 0.901. The second-order valence-corrected chi connectivity index (χ2v) is 2.44. The van der Waals surface area contributed by atoms with E-state index in [1.54, 1.807) is 0 Å². The van der Waals surface area contributed by atoms with Crippen LogP contribution in [-0.4, -0.2) is 23.0 Å². The molecule has 0 aliphatic carbocycles. The molecule has 0 radical (unpaired) electrons. The van der Waals surface area contributed by atoms with Crippen LogP contribution in [-0.2, 0) is 9.53 Å². The van der Waals surface area contributed by atoms with Crippen molar-refractivity contribution in [2.45, 2.75) is 11.9 Å². The maximum Gasteiger partial charge on any atom is 0.401 e. The molecular formula is C4H6ClNO4. The molecule has 0 N–H and O–H groups in total. The molecule has 0 aliphatic heterocycles. The van der Waals surface area contributed by atoms with Gasteiger partial charge in [-0.05, 0) is 11.6 Å².